The lowest BCUT2D eigenvalue weighted by molar-refractivity contribution is 0.915. The van der Waals surface area contributed by atoms with Crippen molar-refractivity contribution in [1.82, 2.24) is 19.9 Å². The minimum atomic E-state index is 0.557. The second-order valence-corrected chi connectivity index (χ2v) is 5.18. The maximum absolute atomic E-state index is 4.49. The van der Waals surface area contributed by atoms with Gasteiger partial charge in [-0.1, -0.05) is 0 Å². The van der Waals surface area contributed by atoms with E-state index >= 15 is 0 Å². The van der Waals surface area contributed by atoms with Gasteiger partial charge in [0.05, 0.1) is 12.2 Å². The highest BCUT2D eigenvalue weighted by atomic mass is 15.2. The Morgan fingerprint density at radius 2 is 1.81 bits per heavy atom. The summed E-state index contributed by atoms with van der Waals surface area (Å²) in [7, 11) is 7.75. The van der Waals surface area contributed by atoms with Crippen LogP contribution in [0.25, 0.3) is 0 Å². The van der Waals surface area contributed by atoms with Crippen LogP contribution in [-0.2, 0) is 6.54 Å². The summed E-state index contributed by atoms with van der Waals surface area (Å²) >= 11 is 0. The number of rotatable bonds is 5. The van der Waals surface area contributed by atoms with Crippen LogP contribution < -0.4 is 15.1 Å². The van der Waals surface area contributed by atoms with Gasteiger partial charge in [0.25, 0.3) is 0 Å². The first kappa shape index (κ1) is 15.0. The van der Waals surface area contributed by atoms with E-state index in [-0.39, 0.29) is 0 Å². The topological polar surface area (TPSA) is 70.1 Å². The molecule has 21 heavy (non-hydrogen) atoms. The predicted molar refractivity (Wildman–Crippen MR) is 84.8 cm³/mol. The Kier molecular flexibility index (Phi) is 4.52. The van der Waals surface area contributed by atoms with Gasteiger partial charge in [-0.05, 0) is 19.1 Å². The molecule has 1 N–H and O–H groups in total. The van der Waals surface area contributed by atoms with Crippen LogP contribution in [0.5, 0.6) is 0 Å². The zero-order valence-corrected chi connectivity index (χ0v) is 13.1. The minimum absolute atomic E-state index is 0.557. The van der Waals surface area contributed by atoms with Gasteiger partial charge in [0.15, 0.2) is 0 Å². The summed E-state index contributed by atoms with van der Waals surface area (Å²) in [6.07, 6.45) is 1.74. The van der Waals surface area contributed by atoms with E-state index in [2.05, 4.69) is 25.3 Å². The molecule has 0 radical (unpaired) electrons. The van der Waals surface area contributed by atoms with E-state index < -0.39 is 0 Å². The van der Waals surface area contributed by atoms with Crippen molar-refractivity contribution < 1.29 is 0 Å². The van der Waals surface area contributed by atoms with Crippen LogP contribution in [0.15, 0.2) is 18.3 Å². The summed E-state index contributed by atoms with van der Waals surface area (Å²) < 4.78 is 0. The number of hydrogen-bond acceptors (Lipinski definition) is 7. The molecule has 0 atom stereocenters. The SMILES string of the molecule is Cc1cc(CNc2nccc(N(C)C)n2)nc(N(C)C)n1. The summed E-state index contributed by atoms with van der Waals surface area (Å²) in [5.74, 6) is 2.15. The van der Waals surface area contributed by atoms with Crippen molar-refractivity contribution in [3.05, 3.63) is 29.7 Å². The van der Waals surface area contributed by atoms with E-state index in [1.54, 1.807) is 6.20 Å². The lowest BCUT2D eigenvalue weighted by Crippen LogP contribution is -2.16. The number of aryl methyl sites for hydroxylation is 1. The second-order valence-electron chi connectivity index (χ2n) is 5.18. The quantitative estimate of drug-likeness (QED) is 0.889. The minimum Gasteiger partial charge on any atom is -0.363 e. The van der Waals surface area contributed by atoms with Gasteiger partial charge in [0.1, 0.15) is 5.82 Å². The number of aromatic nitrogens is 4. The second kappa shape index (κ2) is 6.34. The molecule has 112 valence electrons. The van der Waals surface area contributed by atoms with Crippen molar-refractivity contribution in [2.24, 2.45) is 0 Å². The van der Waals surface area contributed by atoms with E-state index in [9.17, 15) is 0 Å². The molecule has 0 aromatic carbocycles. The molecule has 0 fully saturated rings. The van der Waals surface area contributed by atoms with Gasteiger partial charge in [0, 0.05) is 40.1 Å². The van der Waals surface area contributed by atoms with Crippen LogP contribution in [0, 0.1) is 6.92 Å². The number of nitrogens with one attached hydrogen (secondary N) is 1. The molecule has 2 heterocycles. The third-order valence-electron chi connectivity index (χ3n) is 2.82. The Morgan fingerprint density at radius 3 is 2.48 bits per heavy atom. The standard InChI is InChI=1S/C14H21N7/c1-10-8-11(18-14(17-10)21(4)5)9-16-13-15-7-6-12(19-13)20(2)3/h6-8H,9H2,1-5H3,(H,15,16,19). The number of anilines is 3. The Labute approximate surface area is 125 Å². The molecule has 2 rings (SSSR count). The molecule has 0 aliphatic heterocycles. The van der Waals surface area contributed by atoms with Gasteiger partial charge in [-0.15, -0.1) is 0 Å². The Morgan fingerprint density at radius 1 is 1.05 bits per heavy atom. The summed E-state index contributed by atoms with van der Waals surface area (Å²) in [5, 5.41) is 3.19. The maximum atomic E-state index is 4.49. The van der Waals surface area contributed by atoms with Gasteiger partial charge >= 0.3 is 0 Å². The van der Waals surface area contributed by atoms with Crippen LogP contribution in [0.3, 0.4) is 0 Å². The summed E-state index contributed by atoms with van der Waals surface area (Å²) in [6.45, 7) is 2.52. The molecule has 0 amide bonds. The first-order valence-corrected chi connectivity index (χ1v) is 6.72. The Balaban J connectivity index is 2.11. The predicted octanol–water partition coefficient (Wildman–Crippen LogP) is 1.32. The van der Waals surface area contributed by atoms with Crippen molar-refractivity contribution >= 4 is 17.7 Å². The highest BCUT2D eigenvalue weighted by Gasteiger charge is 2.05. The molecule has 2 aromatic rings. The summed E-state index contributed by atoms with van der Waals surface area (Å²) in [6, 6.07) is 3.82. The van der Waals surface area contributed by atoms with Crippen molar-refractivity contribution in [1.29, 1.82) is 0 Å². The van der Waals surface area contributed by atoms with Gasteiger partial charge in [-0.25, -0.2) is 15.0 Å². The zero-order chi connectivity index (χ0) is 15.4. The summed E-state index contributed by atoms with van der Waals surface area (Å²) in [4.78, 5) is 21.3. The van der Waals surface area contributed by atoms with Crippen LogP contribution in [-0.4, -0.2) is 48.1 Å². The zero-order valence-electron chi connectivity index (χ0n) is 13.1. The van der Waals surface area contributed by atoms with Crippen LogP contribution in [0.4, 0.5) is 17.7 Å². The average molecular weight is 287 g/mol. The van der Waals surface area contributed by atoms with Crippen molar-refractivity contribution in [3.8, 4) is 0 Å². The van der Waals surface area contributed by atoms with Crippen molar-refractivity contribution in [2.45, 2.75) is 13.5 Å². The molecule has 7 nitrogen and oxygen atoms in total. The Bertz CT molecular complexity index is 610. The fourth-order valence-electron chi connectivity index (χ4n) is 1.76. The van der Waals surface area contributed by atoms with Gasteiger partial charge in [0.2, 0.25) is 11.9 Å². The van der Waals surface area contributed by atoms with E-state index in [1.807, 2.05) is 57.0 Å². The third kappa shape index (κ3) is 4.01. The monoisotopic (exact) mass is 287 g/mol. The highest BCUT2D eigenvalue weighted by molar-refractivity contribution is 5.41. The molecular weight excluding hydrogens is 266 g/mol. The fourth-order valence-corrected chi connectivity index (χ4v) is 1.76. The average Bonchev–Trinajstić information content (AvgIpc) is 2.45. The van der Waals surface area contributed by atoms with Crippen molar-refractivity contribution in [2.75, 3.05) is 43.3 Å². The first-order chi connectivity index (χ1) is 9.95. The normalized spacial score (nSPS) is 10.3. The lowest BCUT2D eigenvalue weighted by atomic mass is 10.3. The molecule has 0 saturated heterocycles. The Hall–Kier alpha value is -2.44. The van der Waals surface area contributed by atoms with Gasteiger partial charge in [-0.2, -0.15) is 4.98 Å². The molecule has 0 saturated carbocycles. The van der Waals surface area contributed by atoms with Gasteiger partial charge in [-0.3, -0.25) is 0 Å². The summed E-state index contributed by atoms with van der Waals surface area (Å²) in [5.41, 5.74) is 1.85. The van der Waals surface area contributed by atoms with Crippen molar-refractivity contribution in [3.63, 3.8) is 0 Å². The largest absolute Gasteiger partial charge is 0.363 e. The van der Waals surface area contributed by atoms with E-state index in [0.717, 1.165) is 17.2 Å². The highest BCUT2D eigenvalue weighted by Crippen LogP contribution is 2.11. The van der Waals surface area contributed by atoms with Crippen LogP contribution in [0.1, 0.15) is 11.4 Å². The number of nitrogens with zero attached hydrogens (tertiary/aromatic N) is 6. The third-order valence-corrected chi connectivity index (χ3v) is 2.82. The van der Waals surface area contributed by atoms with Crippen LogP contribution >= 0.6 is 0 Å². The lowest BCUT2D eigenvalue weighted by Gasteiger charge is -2.14. The smallest absolute Gasteiger partial charge is 0.225 e. The molecule has 7 heteroatoms. The van der Waals surface area contributed by atoms with Gasteiger partial charge < -0.3 is 15.1 Å². The number of hydrogen-bond donors (Lipinski definition) is 1. The van der Waals surface area contributed by atoms with E-state index in [1.165, 1.54) is 0 Å². The molecule has 0 aliphatic carbocycles. The molecule has 0 aliphatic rings. The first-order valence-electron chi connectivity index (χ1n) is 6.72. The molecule has 0 bridgehead atoms. The maximum Gasteiger partial charge on any atom is 0.225 e. The fraction of sp³-hybridized carbons (Fsp3) is 0.429. The molecule has 0 unspecified atom stereocenters. The molecule has 0 spiro atoms. The van der Waals surface area contributed by atoms with E-state index in [0.29, 0.717) is 18.4 Å². The van der Waals surface area contributed by atoms with E-state index in [4.69, 9.17) is 0 Å². The molecular formula is C14H21N7. The van der Waals surface area contributed by atoms with Crippen LogP contribution in [0.2, 0.25) is 0 Å². The molecule has 2 aromatic heterocycles.